The van der Waals surface area contributed by atoms with Crippen LogP contribution >= 0.6 is 11.6 Å². The van der Waals surface area contributed by atoms with Gasteiger partial charge >= 0.3 is 0 Å². The lowest BCUT2D eigenvalue weighted by Gasteiger charge is -1.92. The number of benzene rings is 2. The Morgan fingerprint density at radius 3 is 1.84 bits per heavy atom. The molecule has 0 atom stereocenters. The molecule has 0 aliphatic heterocycles. The summed E-state index contributed by atoms with van der Waals surface area (Å²) in [6.07, 6.45) is 0. The number of rotatable bonds is 1. The second kappa shape index (κ2) is 6.45. The van der Waals surface area contributed by atoms with Crippen LogP contribution in [0.5, 0.6) is 0 Å². The van der Waals surface area contributed by atoms with E-state index < -0.39 is 5.24 Å². The maximum atomic E-state index is 10.9. The fraction of sp³-hybridized carbons (Fsp3) is 0. The lowest BCUT2D eigenvalue weighted by atomic mass is 10.1. The molecule has 0 spiro atoms. The molecule has 19 heavy (non-hydrogen) atoms. The molecule has 2 aromatic carbocycles. The van der Waals surface area contributed by atoms with Crippen LogP contribution < -0.4 is 0 Å². The van der Waals surface area contributed by atoms with Crippen LogP contribution in [-0.2, 0) is 0 Å². The summed E-state index contributed by atoms with van der Waals surface area (Å²) in [7, 11) is 0. The molecule has 0 radical (unpaired) electrons. The SMILES string of the molecule is O=C(Cl)c1ccc(C#CC#Cc2ccccc2)cc1. The van der Waals surface area contributed by atoms with Crippen LogP contribution in [0.4, 0.5) is 0 Å². The molecule has 0 aliphatic rings. The minimum absolute atomic E-state index is 0.461. The Morgan fingerprint density at radius 1 is 0.789 bits per heavy atom. The van der Waals surface area contributed by atoms with Gasteiger partial charge in [0, 0.05) is 16.7 Å². The lowest BCUT2D eigenvalue weighted by molar-refractivity contribution is 0.108. The Bertz CT molecular complexity index is 692. The van der Waals surface area contributed by atoms with Gasteiger partial charge in [0.05, 0.1) is 0 Å². The van der Waals surface area contributed by atoms with E-state index in [2.05, 4.69) is 23.7 Å². The Labute approximate surface area is 117 Å². The zero-order valence-corrected chi connectivity index (χ0v) is 10.7. The Balaban J connectivity index is 2.09. The molecule has 2 aromatic rings. The van der Waals surface area contributed by atoms with E-state index in [9.17, 15) is 4.79 Å². The monoisotopic (exact) mass is 264 g/mol. The van der Waals surface area contributed by atoms with E-state index in [-0.39, 0.29) is 0 Å². The first kappa shape index (κ1) is 13.0. The highest BCUT2D eigenvalue weighted by Crippen LogP contribution is 2.05. The van der Waals surface area contributed by atoms with Crippen molar-refractivity contribution >= 4 is 16.8 Å². The minimum Gasteiger partial charge on any atom is -0.276 e. The second-order valence-electron chi connectivity index (χ2n) is 3.72. The number of hydrogen-bond acceptors (Lipinski definition) is 1. The van der Waals surface area contributed by atoms with Crippen molar-refractivity contribution < 1.29 is 4.79 Å². The molecule has 0 aliphatic carbocycles. The first-order valence-corrected chi connectivity index (χ1v) is 6.00. The zero-order chi connectivity index (χ0) is 13.5. The average molecular weight is 265 g/mol. The molecule has 0 amide bonds. The molecule has 0 bridgehead atoms. The summed E-state index contributed by atoms with van der Waals surface area (Å²) in [5, 5.41) is -0.469. The van der Waals surface area contributed by atoms with Crippen LogP contribution in [0.1, 0.15) is 21.5 Å². The molecule has 0 saturated heterocycles. The maximum absolute atomic E-state index is 10.9. The predicted octanol–water partition coefficient (Wildman–Crippen LogP) is 3.47. The molecule has 90 valence electrons. The first-order valence-electron chi connectivity index (χ1n) is 5.63. The molecule has 2 rings (SSSR count). The molecular weight excluding hydrogens is 256 g/mol. The molecule has 0 heterocycles. The molecule has 2 heteroatoms. The van der Waals surface area contributed by atoms with Crippen LogP contribution in [0.3, 0.4) is 0 Å². The first-order chi connectivity index (χ1) is 9.25. The van der Waals surface area contributed by atoms with E-state index in [4.69, 9.17) is 11.6 Å². The number of carbonyl (C=O) groups is 1. The van der Waals surface area contributed by atoms with Crippen molar-refractivity contribution in [1.82, 2.24) is 0 Å². The van der Waals surface area contributed by atoms with Gasteiger partial charge in [0.2, 0.25) is 0 Å². The van der Waals surface area contributed by atoms with Gasteiger partial charge < -0.3 is 0 Å². The van der Waals surface area contributed by atoms with Crippen LogP contribution in [0, 0.1) is 23.7 Å². The van der Waals surface area contributed by atoms with Crippen molar-refractivity contribution in [1.29, 1.82) is 0 Å². The van der Waals surface area contributed by atoms with Gasteiger partial charge in [-0.1, -0.05) is 30.0 Å². The standard InChI is InChI=1S/C17H9ClO/c18-17(19)16-12-10-15(11-13-16)9-5-4-8-14-6-2-1-3-7-14/h1-3,6-7,10-13H. The fourth-order valence-corrected chi connectivity index (χ4v) is 1.54. The maximum Gasteiger partial charge on any atom is 0.252 e. The minimum atomic E-state index is -0.469. The van der Waals surface area contributed by atoms with Crippen LogP contribution in [0.15, 0.2) is 54.6 Å². The van der Waals surface area contributed by atoms with Crippen LogP contribution in [-0.4, -0.2) is 5.24 Å². The van der Waals surface area contributed by atoms with Crippen molar-refractivity contribution in [3.63, 3.8) is 0 Å². The molecule has 0 N–H and O–H groups in total. The summed E-state index contributed by atoms with van der Waals surface area (Å²) >= 11 is 5.35. The van der Waals surface area contributed by atoms with Crippen molar-refractivity contribution in [3.05, 3.63) is 71.3 Å². The topological polar surface area (TPSA) is 17.1 Å². The quantitative estimate of drug-likeness (QED) is 0.569. The highest BCUT2D eigenvalue weighted by Gasteiger charge is 1.98. The molecule has 0 unspecified atom stereocenters. The summed E-state index contributed by atoms with van der Waals surface area (Å²) in [6, 6.07) is 16.4. The van der Waals surface area contributed by atoms with Crippen LogP contribution in [0.25, 0.3) is 0 Å². The molecule has 0 saturated carbocycles. The van der Waals surface area contributed by atoms with Crippen molar-refractivity contribution in [2.45, 2.75) is 0 Å². The number of carbonyl (C=O) groups excluding carboxylic acids is 1. The van der Waals surface area contributed by atoms with Gasteiger partial charge in [0.25, 0.3) is 5.24 Å². The van der Waals surface area contributed by atoms with Gasteiger partial charge in [0.1, 0.15) is 0 Å². The van der Waals surface area contributed by atoms with Gasteiger partial charge in [-0.05, 0) is 59.8 Å². The molecular formula is C17H9ClO. The summed E-state index contributed by atoms with van der Waals surface area (Å²) in [4.78, 5) is 10.9. The summed E-state index contributed by atoms with van der Waals surface area (Å²) in [5.41, 5.74) is 2.19. The summed E-state index contributed by atoms with van der Waals surface area (Å²) in [6.45, 7) is 0. The lowest BCUT2D eigenvalue weighted by Crippen LogP contribution is -1.87. The third kappa shape index (κ3) is 4.03. The smallest absolute Gasteiger partial charge is 0.252 e. The summed E-state index contributed by atoms with van der Waals surface area (Å²) < 4.78 is 0. The highest BCUT2D eigenvalue weighted by atomic mass is 35.5. The van der Waals surface area contributed by atoms with Crippen LogP contribution in [0.2, 0.25) is 0 Å². The second-order valence-corrected chi connectivity index (χ2v) is 4.06. The third-order valence-corrected chi connectivity index (χ3v) is 2.58. The van der Waals surface area contributed by atoms with E-state index in [1.807, 2.05) is 30.3 Å². The fourth-order valence-electron chi connectivity index (χ4n) is 1.41. The van der Waals surface area contributed by atoms with E-state index >= 15 is 0 Å². The molecule has 0 fully saturated rings. The summed E-state index contributed by atoms with van der Waals surface area (Å²) in [5.74, 6) is 11.4. The van der Waals surface area contributed by atoms with Crippen molar-refractivity contribution in [3.8, 4) is 23.7 Å². The zero-order valence-electron chi connectivity index (χ0n) is 9.98. The normalized spacial score (nSPS) is 8.68. The van der Waals surface area contributed by atoms with Gasteiger partial charge in [-0.3, -0.25) is 4.79 Å². The largest absolute Gasteiger partial charge is 0.276 e. The van der Waals surface area contributed by atoms with Gasteiger partial charge in [-0.2, -0.15) is 0 Å². The Hall–Kier alpha value is -2.48. The average Bonchev–Trinajstić information content (AvgIpc) is 2.45. The Morgan fingerprint density at radius 2 is 1.32 bits per heavy atom. The van der Waals surface area contributed by atoms with E-state index in [0.29, 0.717) is 5.56 Å². The van der Waals surface area contributed by atoms with Crippen molar-refractivity contribution in [2.24, 2.45) is 0 Å². The Kier molecular flexibility index (Phi) is 4.40. The van der Waals surface area contributed by atoms with Gasteiger partial charge in [0.15, 0.2) is 0 Å². The predicted molar refractivity (Wildman–Crippen MR) is 76.8 cm³/mol. The molecule has 1 nitrogen and oxygen atoms in total. The number of halogens is 1. The highest BCUT2D eigenvalue weighted by molar-refractivity contribution is 6.67. The molecule has 0 aromatic heterocycles. The van der Waals surface area contributed by atoms with Gasteiger partial charge in [-0.15, -0.1) is 0 Å². The van der Waals surface area contributed by atoms with Crippen molar-refractivity contribution in [2.75, 3.05) is 0 Å². The third-order valence-electron chi connectivity index (χ3n) is 2.36. The van der Waals surface area contributed by atoms with Gasteiger partial charge in [-0.25, -0.2) is 0 Å². The number of hydrogen-bond donors (Lipinski definition) is 0. The van der Waals surface area contributed by atoms with E-state index in [0.717, 1.165) is 11.1 Å². The van der Waals surface area contributed by atoms with E-state index in [1.165, 1.54) is 0 Å². The van der Waals surface area contributed by atoms with E-state index in [1.54, 1.807) is 24.3 Å².